The molecular formula is C20H24ClN3O2. The quantitative estimate of drug-likeness (QED) is 0.843. The number of pyridine rings is 1. The van der Waals surface area contributed by atoms with Gasteiger partial charge in [0.15, 0.2) is 0 Å². The molecule has 2 aromatic rings. The standard InChI is InChI=1S/C20H24ClN3O2/c1-13(2)18(23-19(25)15-5-7-17(21)8-6-15)20(26)24(4)12-16-11-22-10-9-14(16)3/h5-11,13,18H,12H2,1-4H3,(H,23,25)/t18-/m1/s1. The molecule has 1 aromatic carbocycles. The van der Waals surface area contributed by atoms with E-state index in [0.29, 0.717) is 17.1 Å². The van der Waals surface area contributed by atoms with Crippen molar-refractivity contribution in [3.63, 3.8) is 0 Å². The van der Waals surface area contributed by atoms with Crippen LogP contribution in [0.4, 0.5) is 0 Å². The number of carbonyl (C=O) groups is 2. The maximum absolute atomic E-state index is 12.9. The van der Waals surface area contributed by atoms with E-state index in [0.717, 1.165) is 11.1 Å². The normalized spacial score (nSPS) is 11.9. The second kappa shape index (κ2) is 8.81. The first-order valence-corrected chi connectivity index (χ1v) is 8.88. The molecule has 0 aliphatic rings. The van der Waals surface area contributed by atoms with Crippen LogP contribution in [0.5, 0.6) is 0 Å². The maximum Gasteiger partial charge on any atom is 0.251 e. The molecule has 26 heavy (non-hydrogen) atoms. The summed E-state index contributed by atoms with van der Waals surface area (Å²) in [5, 5.41) is 3.40. The number of benzene rings is 1. The number of aryl methyl sites for hydroxylation is 1. The molecule has 5 nitrogen and oxygen atoms in total. The summed E-state index contributed by atoms with van der Waals surface area (Å²) in [5.74, 6) is -0.471. The predicted octanol–water partition coefficient (Wildman–Crippen LogP) is 3.46. The monoisotopic (exact) mass is 373 g/mol. The van der Waals surface area contributed by atoms with Crippen LogP contribution in [0.2, 0.25) is 5.02 Å². The van der Waals surface area contributed by atoms with Gasteiger partial charge in [0.2, 0.25) is 5.91 Å². The van der Waals surface area contributed by atoms with E-state index in [1.165, 1.54) is 0 Å². The number of rotatable bonds is 6. The highest BCUT2D eigenvalue weighted by molar-refractivity contribution is 6.30. The first kappa shape index (κ1) is 19.9. The SMILES string of the molecule is Cc1ccncc1CN(C)C(=O)[C@H](NC(=O)c1ccc(Cl)cc1)C(C)C. The van der Waals surface area contributed by atoms with Gasteiger partial charge >= 0.3 is 0 Å². The smallest absolute Gasteiger partial charge is 0.251 e. The summed E-state index contributed by atoms with van der Waals surface area (Å²) in [4.78, 5) is 31.1. The fourth-order valence-electron chi connectivity index (χ4n) is 2.57. The van der Waals surface area contributed by atoms with Crippen molar-refractivity contribution in [2.45, 2.75) is 33.4 Å². The third-order valence-electron chi connectivity index (χ3n) is 4.26. The van der Waals surface area contributed by atoms with E-state index >= 15 is 0 Å². The highest BCUT2D eigenvalue weighted by atomic mass is 35.5. The fraction of sp³-hybridized carbons (Fsp3) is 0.350. The molecule has 0 saturated heterocycles. The molecule has 0 aliphatic carbocycles. The van der Waals surface area contributed by atoms with E-state index in [9.17, 15) is 9.59 Å². The molecule has 6 heteroatoms. The van der Waals surface area contributed by atoms with Gasteiger partial charge in [-0.25, -0.2) is 0 Å². The molecule has 0 saturated carbocycles. The molecule has 1 atom stereocenters. The Balaban J connectivity index is 2.10. The number of hydrogen-bond donors (Lipinski definition) is 1. The molecule has 1 N–H and O–H groups in total. The molecule has 0 spiro atoms. The molecule has 0 aliphatic heterocycles. The number of nitrogens with zero attached hydrogens (tertiary/aromatic N) is 2. The van der Waals surface area contributed by atoms with Crippen molar-refractivity contribution >= 4 is 23.4 Å². The van der Waals surface area contributed by atoms with Crippen molar-refractivity contribution in [3.8, 4) is 0 Å². The number of halogens is 1. The molecule has 0 fully saturated rings. The van der Waals surface area contributed by atoms with Crippen LogP contribution in [0, 0.1) is 12.8 Å². The summed E-state index contributed by atoms with van der Waals surface area (Å²) in [6, 6.07) is 7.89. The highest BCUT2D eigenvalue weighted by Gasteiger charge is 2.27. The van der Waals surface area contributed by atoms with Gasteiger partial charge in [-0.3, -0.25) is 14.6 Å². The maximum atomic E-state index is 12.9. The summed E-state index contributed by atoms with van der Waals surface area (Å²) in [6.45, 7) is 6.25. The van der Waals surface area contributed by atoms with E-state index in [4.69, 9.17) is 11.6 Å². The van der Waals surface area contributed by atoms with Gasteiger partial charge in [0.1, 0.15) is 6.04 Å². The van der Waals surface area contributed by atoms with Crippen LogP contribution >= 0.6 is 11.6 Å². The Morgan fingerprint density at radius 2 is 1.85 bits per heavy atom. The minimum absolute atomic E-state index is 0.0452. The van der Waals surface area contributed by atoms with Crippen molar-refractivity contribution in [3.05, 3.63) is 64.4 Å². The van der Waals surface area contributed by atoms with Gasteiger partial charge in [-0.1, -0.05) is 25.4 Å². The molecule has 2 amide bonds. The molecule has 1 heterocycles. The van der Waals surface area contributed by atoms with Gasteiger partial charge in [0.25, 0.3) is 5.91 Å². The first-order valence-electron chi connectivity index (χ1n) is 8.50. The minimum atomic E-state index is -0.611. The van der Waals surface area contributed by atoms with Crippen molar-refractivity contribution in [2.75, 3.05) is 7.05 Å². The molecule has 138 valence electrons. The van der Waals surface area contributed by atoms with Crippen molar-refractivity contribution in [1.82, 2.24) is 15.2 Å². The lowest BCUT2D eigenvalue weighted by Crippen LogP contribution is -2.50. The number of aromatic nitrogens is 1. The highest BCUT2D eigenvalue weighted by Crippen LogP contribution is 2.13. The van der Waals surface area contributed by atoms with Gasteiger partial charge in [0, 0.05) is 36.6 Å². The van der Waals surface area contributed by atoms with Gasteiger partial charge in [-0.2, -0.15) is 0 Å². The van der Waals surface area contributed by atoms with E-state index in [1.54, 1.807) is 48.6 Å². The Bertz CT molecular complexity index is 775. The third kappa shape index (κ3) is 5.05. The Morgan fingerprint density at radius 1 is 1.19 bits per heavy atom. The number of amides is 2. The number of likely N-dealkylation sites (N-methyl/N-ethyl adjacent to an activating group) is 1. The van der Waals surface area contributed by atoms with Gasteiger partial charge in [-0.15, -0.1) is 0 Å². The van der Waals surface area contributed by atoms with Gasteiger partial charge < -0.3 is 10.2 Å². The van der Waals surface area contributed by atoms with E-state index < -0.39 is 6.04 Å². The molecule has 1 aromatic heterocycles. The van der Waals surface area contributed by atoms with Crippen LogP contribution in [0.1, 0.15) is 35.3 Å². The van der Waals surface area contributed by atoms with Crippen LogP contribution in [-0.4, -0.2) is 34.8 Å². The van der Waals surface area contributed by atoms with Crippen LogP contribution in [-0.2, 0) is 11.3 Å². The van der Waals surface area contributed by atoms with Crippen LogP contribution in [0.3, 0.4) is 0 Å². The lowest BCUT2D eigenvalue weighted by atomic mass is 10.0. The summed E-state index contributed by atoms with van der Waals surface area (Å²) >= 11 is 5.86. The zero-order chi connectivity index (χ0) is 19.3. The molecule has 0 bridgehead atoms. The summed E-state index contributed by atoms with van der Waals surface area (Å²) in [7, 11) is 1.73. The zero-order valence-electron chi connectivity index (χ0n) is 15.5. The Kier molecular flexibility index (Phi) is 6.75. The Hall–Kier alpha value is -2.40. The lowest BCUT2D eigenvalue weighted by molar-refractivity contribution is -0.133. The number of carbonyl (C=O) groups excluding carboxylic acids is 2. The van der Waals surface area contributed by atoms with Crippen molar-refractivity contribution < 1.29 is 9.59 Å². The second-order valence-electron chi connectivity index (χ2n) is 6.70. The molecular weight excluding hydrogens is 350 g/mol. The molecule has 0 unspecified atom stereocenters. The van der Waals surface area contributed by atoms with Crippen molar-refractivity contribution in [1.29, 1.82) is 0 Å². The predicted molar refractivity (Wildman–Crippen MR) is 103 cm³/mol. The average Bonchev–Trinajstić information content (AvgIpc) is 2.61. The Labute approximate surface area is 159 Å². The van der Waals surface area contributed by atoms with Crippen LogP contribution in [0.25, 0.3) is 0 Å². The van der Waals surface area contributed by atoms with E-state index in [-0.39, 0.29) is 17.7 Å². The first-order chi connectivity index (χ1) is 12.3. The van der Waals surface area contributed by atoms with Crippen LogP contribution in [0.15, 0.2) is 42.7 Å². The van der Waals surface area contributed by atoms with E-state index in [1.807, 2.05) is 26.8 Å². The van der Waals surface area contributed by atoms with Gasteiger partial charge in [0.05, 0.1) is 0 Å². The Morgan fingerprint density at radius 3 is 2.42 bits per heavy atom. The summed E-state index contributed by atoms with van der Waals surface area (Å²) < 4.78 is 0. The van der Waals surface area contributed by atoms with Crippen LogP contribution < -0.4 is 5.32 Å². The second-order valence-corrected chi connectivity index (χ2v) is 7.13. The number of nitrogens with one attached hydrogen (secondary N) is 1. The largest absolute Gasteiger partial charge is 0.340 e. The average molecular weight is 374 g/mol. The van der Waals surface area contributed by atoms with E-state index in [2.05, 4.69) is 10.3 Å². The van der Waals surface area contributed by atoms with Crippen molar-refractivity contribution in [2.24, 2.45) is 5.92 Å². The minimum Gasteiger partial charge on any atom is -0.340 e. The number of hydrogen-bond acceptors (Lipinski definition) is 3. The summed E-state index contributed by atoms with van der Waals surface area (Å²) in [6.07, 6.45) is 3.49. The molecule has 0 radical (unpaired) electrons. The van der Waals surface area contributed by atoms with Gasteiger partial charge in [-0.05, 0) is 54.3 Å². The summed E-state index contributed by atoms with van der Waals surface area (Å²) in [5.41, 5.74) is 2.53. The zero-order valence-corrected chi connectivity index (χ0v) is 16.2. The topological polar surface area (TPSA) is 62.3 Å². The third-order valence-corrected chi connectivity index (χ3v) is 4.51. The lowest BCUT2D eigenvalue weighted by Gasteiger charge is -2.27. The molecule has 2 rings (SSSR count). The fourth-order valence-corrected chi connectivity index (χ4v) is 2.70.